The van der Waals surface area contributed by atoms with E-state index < -0.39 is 11.9 Å². The summed E-state index contributed by atoms with van der Waals surface area (Å²) >= 11 is 0. The molecule has 4 nitrogen and oxygen atoms in total. The zero-order chi connectivity index (χ0) is 13.9. The maximum atomic E-state index is 12.8. The van der Waals surface area contributed by atoms with Crippen LogP contribution in [0.25, 0.3) is 11.4 Å². The van der Waals surface area contributed by atoms with Crippen molar-refractivity contribution < 1.29 is 13.2 Å². The molecule has 2 aromatic rings. The number of nitrogens with one attached hydrogen (secondary N) is 2. The van der Waals surface area contributed by atoms with E-state index in [1.165, 1.54) is 0 Å². The number of hydrogen-bond donors (Lipinski definition) is 2. The van der Waals surface area contributed by atoms with E-state index in [-0.39, 0.29) is 11.6 Å². The normalized spacial score (nSPS) is 11.6. The second-order valence-corrected chi connectivity index (χ2v) is 3.97. The highest BCUT2D eigenvalue weighted by Crippen LogP contribution is 2.30. The highest BCUT2D eigenvalue weighted by molar-refractivity contribution is 5.56. The molecule has 19 heavy (non-hydrogen) atoms. The van der Waals surface area contributed by atoms with E-state index >= 15 is 0 Å². The summed E-state index contributed by atoms with van der Waals surface area (Å²) in [7, 11) is 0. The molecule has 0 aliphatic carbocycles. The third kappa shape index (κ3) is 3.24. The second kappa shape index (κ2) is 5.29. The van der Waals surface area contributed by atoms with Crippen LogP contribution in [-0.4, -0.2) is 21.5 Å². The van der Waals surface area contributed by atoms with Gasteiger partial charge in [0.15, 0.2) is 5.69 Å². The number of rotatable bonds is 4. The Bertz CT molecular complexity index is 534. The SMILES string of the molecule is CCCNc1nc(-c2ccc[nH]2)cc(C(F)(F)F)n1. The Kier molecular flexibility index (Phi) is 3.73. The fourth-order valence-corrected chi connectivity index (χ4v) is 1.54. The first-order chi connectivity index (χ1) is 9.00. The van der Waals surface area contributed by atoms with Crippen molar-refractivity contribution in [2.45, 2.75) is 19.5 Å². The van der Waals surface area contributed by atoms with Gasteiger partial charge in [-0.1, -0.05) is 6.92 Å². The van der Waals surface area contributed by atoms with E-state index in [4.69, 9.17) is 0 Å². The van der Waals surface area contributed by atoms with Crippen LogP contribution in [0.15, 0.2) is 24.4 Å². The summed E-state index contributed by atoms with van der Waals surface area (Å²) in [6, 6.07) is 4.29. The highest BCUT2D eigenvalue weighted by atomic mass is 19.4. The van der Waals surface area contributed by atoms with E-state index in [2.05, 4.69) is 20.3 Å². The summed E-state index contributed by atoms with van der Waals surface area (Å²) in [5, 5.41) is 2.77. The molecule has 0 bridgehead atoms. The van der Waals surface area contributed by atoms with Crippen LogP contribution in [0.3, 0.4) is 0 Å². The molecule has 0 aliphatic rings. The van der Waals surface area contributed by atoms with Gasteiger partial charge in [0.05, 0.1) is 11.4 Å². The minimum absolute atomic E-state index is 0.0127. The maximum Gasteiger partial charge on any atom is 0.433 e. The van der Waals surface area contributed by atoms with Gasteiger partial charge in [-0.15, -0.1) is 0 Å². The molecule has 0 aliphatic heterocycles. The van der Waals surface area contributed by atoms with Gasteiger partial charge < -0.3 is 10.3 Å². The van der Waals surface area contributed by atoms with Gasteiger partial charge in [-0.3, -0.25) is 0 Å². The van der Waals surface area contributed by atoms with Gasteiger partial charge in [0.1, 0.15) is 0 Å². The molecule has 0 saturated carbocycles. The van der Waals surface area contributed by atoms with Crippen LogP contribution >= 0.6 is 0 Å². The molecule has 0 aromatic carbocycles. The third-order valence-electron chi connectivity index (χ3n) is 2.42. The molecule has 0 fully saturated rings. The minimum Gasteiger partial charge on any atom is -0.360 e. The van der Waals surface area contributed by atoms with Gasteiger partial charge in [0, 0.05) is 12.7 Å². The van der Waals surface area contributed by atoms with Gasteiger partial charge in [0.25, 0.3) is 0 Å². The quantitative estimate of drug-likeness (QED) is 0.896. The molecule has 102 valence electrons. The summed E-state index contributed by atoms with van der Waals surface area (Å²) in [6.45, 7) is 2.43. The summed E-state index contributed by atoms with van der Waals surface area (Å²) in [6.07, 6.45) is -2.09. The molecule has 2 rings (SSSR count). The number of aromatic amines is 1. The largest absolute Gasteiger partial charge is 0.433 e. The average molecular weight is 270 g/mol. The highest BCUT2D eigenvalue weighted by Gasteiger charge is 2.33. The van der Waals surface area contributed by atoms with Crippen molar-refractivity contribution in [3.05, 3.63) is 30.1 Å². The van der Waals surface area contributed by atoms with Crippen molar-refractivity contribution in [3.63, 3.8) is 0 Å². The molecule has 0 spiro atoms. The van der Waals surface area contributed by atoms with Crippen LogP contribution in [-0.2, 0) is 6.18 Å². The lowest BCUT2D eigenvalue weighted by Crippen LogP contribution is -2.13. The number of nitrogens with zero attached hydrogens (tertiary/aromatic N) is 2. The molecule has 0 saturated heterocycles. The molecular formula is C12H13F3N4. The minimum atomic E-state index is -4.49. The number of hydrogen-bond acceptors (Lipinski definition) is 3. The lowest BCUT2D eigenvalue weighted by atomic mass is 10.2. The standard InChI is InChI=1S/C12H13F3N4/c1-2-5-17-11-18-9(8-4-3-6-16-8)7-10(19-11)12(13,14)15/h3-4,6-7,16H,2,5H2,1H3,(H,17,18,19). The lowest BCUT2D eigenvalue weighted by molar-refractivity contribution is -0.141. The molecule has 0 atom stereocenters. The maximum absolute atomic E-state index is 12.8. The Labute approximate surface area is 108 Å². The first-order valence-corrected chi connectivity index (χ1v) is 5.84. The summed E-state index contributed by atoms with van der Waals surface area (Å²) in [4.78, 5) is 10.4. The van der Waals surface area contributed by atoms with Crippen LogP contribution in [0, 0.1) is 0 Å². The van der Waals surface area contributed by atoms with E-state index in [9.17, 15) is 13.2 Å². The van der Waals surface area contributed by atoms with Crippen LogP contribution in [0.5, 0.6) is 0 Å². The van der Waals surface area contributed by atoms with Crippen LogP contribution in [0.1, 0.15) is 19.0 Å². The molecule has 0 amide bonds. The monoisotopic (exact) mass is 270 g/mol. The Morgan fingerprint density at radius 1 is 1.32 bits per heavy atom. The van der Waals surface area contributed by atoms with E-state index in [0.29, 0.717) is 12.2 Å². The van der Waals surface area contributed by atoms with Crippen LogP contribution < -0.4 is 5.32 Å². The number of alkyl halides is 3. The van der Waals surface area contributed by atoms with Crippen LogP contribution in [0.4, 0.5) is 19.1 Å². The fourth-order valence-electron chi connectivity index (χ4n) is 1.54. The predicted molar refractivity (Wildman–Crippen MR) is 65.6 cm³/mol. The number of anilines is 1. The molecular weight excluding hydrogens is 257 g/mol. The Morgan fingerprint density at radius 2 is 2.11 bits per heavy atom. The molecule has 0 radical (unpaired) electrons. The van der Waals surface area contributed by atoms with E-state index in [0.717, 1.165) is 12.5 Å². The van der Waals surface area contributed by atoms with Crippen molar-refractivity contribution in [1.82, 2.24) is 15.0 Å². The van der Waals surface area contributed by atoms with Gasteiger partial charge in [-0.25, -0.2) is 9.97 Å². The van der Waals surface area contributed by atoms with Gasteiger partial charge in [-0.05, 0) is 24.6 Å². The topological polar surface area (TPSA) is 53.6 Å². The number of H-pyrrole nitrogens is 1. The zero-order valence-electron chi connectivity index (χ0n) is 10.3. The molecule has 7 heteroatoms. The smallest absolute Gasteiger partial charge is 0.360 e. The van der Waals surface area contributed by atoms with Crippen LogP contribution in [0.2, 0.25) is 0 Å². The lowest BCUT2D eigenvalue weighted by Gasteiger charge is -2.10. The Balaban J connectivity index is 2.43. The van der Waals surface area contributed by atoms with E-state index in [1.54, 1.807) is 18.3 Å². The Hall–Kier alpha value is -2.05. The number of halogens is 3. The summed E-state index contributed by atoms with van der Waals surface area (Å²) in [5.74, 6) is -0.0127. The molecule has 0 unspecified atom stereocenters. The fraction of sp³-hybridized carbons (Fsp3) is 0.333. The summed E-state index contributed by atoms with van der Waals surface area (Å²) in [5.41, 5.74) is -0.218. The number of aromatic nitrogens is 3. The molecule has 2 aromatic heterocycles. The average Bonchev–Trinajstić information content (AvgIpc) is 2.89. The van der Waals surface area contributed by atoms with Crippen molar-refractivity contribution in [2.75, 3.05) is 11.9 Å². The summed E-state index contributed by atoms with van der Waals surface area (Å²) < 4.78 is 38.4. The van der Waals surface area contributed by atoms with E-state index in [1.807, 2.05) is 6.92 Å². The predicted octanol–water partition coefficient (Wildman–Crippen LogP) is 3.31. The second-order valence-electron chi connectivity index (χ2n) is 3.97. The third-order valence-corrected chi connectivity index (χ3v) is 2.42. The van der Waals surface area contributed by atoms with Crippen molar-refractivity contribution in [1.29, 1.82) is 0 Å². The van der Waals surface area contributed by atoms with Gasteiger partial charge >= 0.3 is 6.18 Å². The van der Waals surface area contributed by atoms with Crippen molar-refractivity contribution in [3.8, 4) is 11.4 Å². The Morgan fingerprint density at radius 3 is 2.68 bits per heavy atom. The first kappa shape index (κ1) is 13.4. The van der Waals surface area contributed by atoms with Gasteiger partial charge in [-0.2, -0.15) is 13.2 Å². The molecule has 2 N–H and O–H groups in total. The zero-order valence-corrected chi connectivity index (χ0v) is 10.3. The van der Waals surface area contributed by atoms with Crippen molar-refractivity contribution in [2.24, 2.45) is 0 Å². The first-order valence-electron chi connectivity index (χ1n) is 5.84. The van der Waals surface area contributed by atoms with Crippen molar-refractivity contribution >= 4 is 5.95 Å². The molecule has 2 heterocycles. The van der Waals surface area contributed by atoms with Gasteiger partial charge in [0.2, 0.25) is 5.95 Å².